The van der Waals surface area contributed by atoms with Crippen LogP contribution in [0.15, 0.2) is 39.0 Å². The number of amides is 1. The Morgan fingerprint density at radius 3 is 2.60 bits per heavy atom. The van der Waals surface area contributed by atoms with Gasteiger partial charge in [-0.05, 0) is 12.5 Å². The molecule has 0 fully saturated rings. The zero-order valence-corrected chi connectivity index (χ0v) is 14.6. The topological polar surface area (TPSA) is 116 Å². The lowest BCUT2D eigenvalue weighted by atomic mass is 10.1. The number of rotatable bonds is 5. The molecule has 1 amide bonds. The van der Waals surface area contributed by atoms with E-state index in [0.29, 0.717) is 11.7 Å². The highest BCUT2D eigenvalue weighted by molar-refractivity contribution is 7.99. The van der Waals surface area contributed by atoms with Crippen LogP contribution in [0, 0.1) is 6.92 Å². The highest BCUT2D eigenvalue weighted by Crippen LogP contribution is 2.22. The van der Waals surface area contributed by atoms with Gasteiger partial charge in [0, 0.05) is 7.05 Å². The predicted molar refractivity (Wildman–Crippen MR) is 95.8 cm³/mol. The zero-order chi connectivity index (χ0) is 18.1. The van der Waals surface area contributed by atoms with Crippen molar-refractivity contribution in [1.82, 2.24) is 19.1 Å². The van der Waals surface area contributed by atoms with Crippen molar-refractivity contribution in [2.45, 2.75) is 18.6 Å². The Hall–Kier alpha value is -2.81. The molecule has 0 bridgehead atoms. The molecule has 3 rings (SSSR count). The van der Waals surface area contributed by atoms with E-state index in [-0.39, 0.29) is 16.9 Å². The standard InChI is InChI=1S/C16H17N5O3S/c1-9-3-5-10(6-4-9)7-21-12-13(18-16(21)25-8-11(17)22)20(2)15(24)19-14(12)23/h3-6H,7-8H2,1-2H3,(H2,17,22)(H,19,23,24). The van der Waals surface area contributed by atoms with Crippen LogP contribution in [0.2, 0.25) is 0 Å². The van der Waals surface area contributed by atoms with Crippen LogP contribution in [0.1, 0.15) is 11.1 Å². The lowest BCUT2D eigenvalue weighted by Crippen LogP contribution is -2.29. The van der Waals surface area contributed by atoms with Crippen LogP contribution in [0.5, 0.6) is 0 Å². The van der Waals surface area contributed by atoms with Crippen molar-refractivity contribution in [3.8, 4) is 0 Å². The van der Waals surface area contributed by atoms with E-state index in [4.69, 9.17) is 5.73 Å². The molecular weight excluding hydrogens is 342 g/mol. The van der Waals surface area contributed by atoms with Crippen molar-refractivity contribution in [2.24, 2.45) is 12.8 Å². The second kappa shape index (κ2) is 6.60. The maximum atomic E-state index is 12.3. The van der Waals surface area contributed by atoms with Gasteiger partial charge < -0.3 is 10.3 Å². The van der Waals surface area contributed by atoms with Gasteiger partial charge in [-0.2, -0.15) is 0 Å². The molecule has 8 nitrogen and oxygen atoms in total. The lowest BCUT2D eigenvalue weighted by molar-refractivity contribution is -0.115. The third-order valence-corrected chi connectivity index (χ3v) is 4.78. The van der Waals surface area contributed by atoms with E-state index in [1.165, 1.54) is 11.6 Å². The Morgan fingerprint density at radius 2 is 1.96 bits per heavy atom. The van der Waals surface area contributed by atoms with Crippen LogP contribution >= 0.6 is 11.8 Å². The summed E-state index contributed by atoms with van der Waals surface area (Å²) in [5, 5.41) is 0.459. The number of nitrogens with zero attached hydrogens (tertiary/aromatic N) is 3. The molecule has 3 aromatic rings. The maximum absolute atomic E-state index is 12.3. The summed E-state index contributed by atoms with van der Waals surface area (Å²) in [5.74, 6) is -0.454. The monoisotopic (exact) mass is 359 g/mol. The Kier molecular flexibility index (Phi) is 4.49. The number of primary amides is 1. The molecular formula is C16H17N5O3S. The van der Waals surface area contributed by atoms with Crippen LogP contribution in [0.25, 0.3) is 11.2 Å². The van der Waals surface area contributed by atoms with E-state index in [9.17, 15) is 14.4 Å². The van der Waals surface area contributed by atoms with Crippen molar-refractivity contribution in [2.75, 3.05) is 5.75 Å². The smallest absolute Gasteiger partial charge is 0.329 e. The average molecular weight is 359 g/mol. The number of hydrogen-bond acceptors (Lipinski definition) is 5. The van der Waals surface area contributed by atoms with Gasteiger partial charge in [0.25, 0.3) is 5.56 Å². The number of aromatic nitrogens is 4. The third kappa shape index (κ3) is 3.36. The minimum absolute atomic E-state index is 0.0308. The van der Waals surface area contributed by atoms with Crippen molar-refractivity contribution >= 4 is 28.8 Å². The summed E-state index contributed by atoms with van der Waals surface area (Å²) in [6.45, 7) is 2.38. The summed E-state index contributed by atoms with van der Waals surface area (Å²) < 4.78 is 2.97. The molecule has 0 aliphatic heterocycles. The SMILES string of the molecule is Cc1ccc(Cn2c(SCC(N)=O)nc3c2c(=O)[nH]c(=O)n3C)cc1. The first-order valence-corrected chi connectivity index (χ1v) is 8.51. The van der Waals surface area contributed by atoms with Crippen molar-refractivity contribution in [3.05, 3.63) is 56.2 Å². The number of carbonyl (C=O) groups excluding carboxylic acids is 1. The van der Waals surface area contributed by atoms with Gasteiger partial charge in [-0.1, -0.05) is 41.6 Å². The highest BCUT2D eigenvalue weighted by atomic mass is 32.2. The molecule has 0 aliphatic carbocycles. The van der Waals surface area contributed by atoms with Crippen LogP contribution in [0.4, 0.5) is 0 Å². The number of aryl methyl sites for hydroxylation is 2. The summed E-state index contributed by atoms with van der Waals surface area (Å²) in [5.41, 5.74) is 6.83. The molecule has 2 aromatic heterocycles. The number of hydrogen-bond donors (Lipinski definition) is 2. The fourth-order valence-electron chi connectivity index (χ4n) is 2.48. The zero-order valence-electron chi connectivity index (χ0n) is 13.8. The summed E-state index contributed by atoms with van der Waals surface area (Å²) in [4.78, 5) is 41.9. The first-order chi connectivity index (χ1) is 11.9. The van der Waals surface area contributed by atoms with Gasteiger partial charge in [0.15, 0.2) is 16.3 Å². The number of nitrogens with one attached hydrogen (secondary N) is 1. The van der Waals surface area contributed by atoms with Gasteiger partial charge in [0.05, 0.1) is 12.3 Å². The second-order valence-electron chi connectivity index (χ2n) is 5.71. The molecule has 1 aromatic carbocycles. The molecule has 0 saturated carbocycles. The van der Waals surface area contributed by atoms with Gasteiger partial charge in [0.2, 0.25) is 5.91 Å². The first-order valence-electron chi connectivity index (χ1n) is 7.53. The number of fused-ring (bicyclic) bond motifs is 1. The number of benzene rings is 1. The minimum atomic E-state index is -0.538. The number of carbonyl (C=O) groups is 1. The Labute approximate surface area is 146 Å². The molecule has 130 valence electrons. The van der Waals surface area contributed by atoms with E-state index >= 15 is 0 Å². The molecule has 0 atom stereocenters. The number of H-pyrrole nitrogens is 1. The Morgan fingerprint density at radius 1 is 1.28 bits per heavy atom. The van der Waals surface area contributed by atoms with Crippen molar-refractivity contribution < 1.29 is 4.79 Å². The molecule has 0 radical (unpaired) electrons. The molecule has 3 N–H and O–H groups in total. The Balaban J connectivity index is 2.18. The van der Waals surface area contributed by atoms with Crippen LogP contribution in [-0.4, -0.2) is 30.8 Å². The summed E-state index contributed by atoms with van der Waals surface area (Å²) >= 11 is 1.14. The van der Waals surface area contributed by atoms with E-state index in [1.54, 1.807) is 4.57 Å². The maximum Gasteiger partial charge on any atom is 0.329 e. The number of aromatic amines is 1. The molecule has 9 heteroatoms. The number of imidazole rings is 1. The average Bonchev–Trinajstić information content (AvgIpc) is 2.92. The fourth-order valence-corrected chi connectivity index (χ4v) is 3.22. The van der Waals surface area contributed by atoms with Gasteiger partial charge in [0.1, 0.15) is 0 Å². The minimum Gasteiger partial charge on any atom is -0.369 e. The Bertz CT molecular complexity index is 1060. The van der Waals surface area contributed by atoms with Gasteiger partial charge in [-0.3, -0.25) is 19.1 Å². The van der Waals surface area contributed by atoms with E-state index < -0.39 is 17.2 Å². The molecule has 0 aliphatic rings. The summed E-state index contributed by atoms with van der Waals surface area (Å²) in [7, 11) is 1.53. The van der Waals surface area contributed by atoms with E-state index in [2.05, 4.69) is 9.97 Å². The fraction of sp³-hybridized carbons (Fsp3) is 0.250. The largest absolute Gasteiger partial charge is 0.369 e. The van der Waals surface area contributed by atoms with Crippen LogP contribution < -0.4 is 17.0 Å². The van der Waals surface area contributed by atoms with Crippen LogP contribution in [-0.2, 0) is 18.4 Å². The molecule has 25 heavy (non-hydrogen) atoms. The summed E-state index contributed by atoms with van der Waals surface area (Å²) in [6.07, 6.45) is 0. The first kappa shape index (κ1) is 17.0. The normalized spacial score (nSPS) is 11.1. The predicted octanol–water partition coefficient (Wildman–Crippen LogP) is 0.357. The number of nitrogens with two attached hydrogens (primary N) is 1. The van der Waals surface area contributed by atoms with E-state index in [0.717, 1.165) is 22.9 Å². The third-order valence-electron chi connectivity index (χ3n) is 3.78. The number of thioether (sulfide) groups is 1. The van der Waals surface area contributed by atoms with Crippen molar-refractivity contribution in [1.29, 1.82) is 0 Å². The van der Waals surface area contributed by atoms with Crippen LogP contribution in [0.3, 0.4) is 0 Å². The molecule has 2 heterocycles. The van der Waals surface area contributed by atoms with E-state index in [1.807, 2.05) is 31.2 Å². The lowest BCUT2D eigenvalue weighted by Gasteiger charge is -2.08. The molecule has 0 unspecified atom stereocenters. The second-order valence-corrected chi connectivity index (χ2v) is 6.65. The molecule has 0 spiro atoms. The van der Waals surface area contributed by atoms with Gasteiger partial charge >= 0.3 is 5.69 Å². The van der Waals surface area contributed by atoms with Crippen molar-refractivity contribution in [3.63, 3.8) is 0 Å². The quantitative estimate of drug-likeness (QED) is 0.638. The highest BCUT2D eigenvalue weighted by Gasteiger charge is 2.18. The van der Waals surface area contributed by atoms with Gasteiger partial charge in [-0.15, -0.1) is 0 Å². The molecule has 0 saturated heterocycles. The van der Waals surface area contributed by atoms with Gasteiger partial charge in [-0.25, -0.2) is 9.78 Å². The summed E-state index contributed by atoms with van der Waals surface area (Å²) in [6, 6.07) is 7.87.